The zero-order chi connectivity index (χ0) is 17.7. The van der Waals surface area contributed by atoms with E-state index in [4.69, 9.17) is 16.6 Å². The summed E-state index contributed by atoms with van der Waals surface area (Å²) >= 11 is 7.83. The highest BCUT2D eigenvalue weighted by Gasteiger charge is 2.10. The first-order valence-corrected chi connectivity index (χ1v) is 9.33. The van der Waals surface area contributed by atoms with Gasteiger partial charge in [0.05, 0.1) is 22.3 Å². The molecule has 1 N–H and O–H groups in total. The summed E-state index contributed by atoms with van der Waals surface area (Å²) in [6.45, 7) is 8.55. The fraction of sp³-hybridized carbons (Fsp3) is 0.529. The third kappa shape index (κ3) is 4.98. The Bertz CT molecular complexity index is 704. The monoisotopic (exact) mass is 367 g/mol. The molecule has 0 bridgehead atoms. The van der Waals surface area contributed by atoms with Crippen LogP contribution in [-0.4, -0.2) is 40.5 Å². The van der Waals surface area contributed by atoms with Crippen LogP contribution in [0.1, 0.15) is 28.2 Å². The molecule has 2 heterocycles. The van der Waals surface area contributed by atoms with Crippen LogP contribution >= 0.6 is 22.9 Å². The first-order chi connectivity index (χ1) is 11.4. The minimum absolute atomic E-state index is 0.753. The summed E-state index contributed by atoms with van der Waals surface area (Å²) in [5, 5.41) is 5.24. The van der Waals surface area contributed by atoms with Gasteiger partial charge in [0.1, 0.15) is 0 Å². The fourth-order valence-corrected chi connectivity index (χ4v) is 3.78. The van der Waals surface area contributed by atoms with Crippen LogP contribution in [0.3, 0.4) is 0 Å². The van der Waals surface area contributed by atoms with Gasteiger partial charge in [-0.15, -0.1) is 11.3 Å². The zero-order valence-corrected chi connectivity index (χ0v) is 16.6. The highest BCUT2D eigenvalue weighted by Crippen LogP contribution is 2.18. The van der Waals surface area contributed by atoms with Crippen molar-refractivity contribution in [2.75, 3.05) is 20.1 Å². The van der Waals surface area contributed by atoms with E-state index < -0.39 is 0 Å². The first kappa shape index (κ1) is 18.8. The molecule has 2 aromatic heterocycles. The van der Waals surface area contributed by atoms with Gasteiger partial charge in [-0.05, 0) is 26.8 Å². The van der Waals surface area contributed by atoms with Crippen molar-refractivity contribution in [3.63, 3.8) is 0 Å². The summed E-state index contributed by atoms with van der Waals surface area (Å²) in [6.07, 6.45) is 2.85. The Morgan fingerprint density at radius 2 is 2.21 bits per heavy atom. The van der Waals surface area contributed by atoms with Crippen LogP contribution in [-0.2, 0) is 20.0 Å². The molecular formula is C17H26ClN5S. The Morgan fingerprint density at radius 1 is 1.46 bits per heavy atom. The van der Waals surface area contributed by atoms with E-state index in [0.29, 0.717) is 0 Å². The molecule has 0 atom stereocenters. The highest BCUT2D eigenvalue weighted by molar-refractivity contribution is 7.11. The average molecular weight is 368 g/mol. The van der Waals surface area contributed by atoms with E-state index in [-0.39, 0.29) is 0 Å². The third-order valence-corrected chi connectivity index (χ3v) is 5.11. The summed E-state index contributed by atoms with van der Waals surface area (Å²) in [5.74, 6) is 0.911. The SMILES string of the molecule is CCNC(=NCCc1sc(C)nc1C)N(C)Cc1cc(Cl)cn1C. The standard InChI is InChI=1S/C17H26ClN5S/c1-6-19-17(20-8-7-16-12(2)21-13(3)24-16)23(5)11-15-9-14(18)10-22(15)4/h9-10H,6-8,11H2,1-5H3,(H,19,20). The predicted molar refractivity (Wildman–Crippen MR) is 103 cm³/mol. The summed E-state index contributed by atoms with van der Waals surface area (Å²) in [4.78, 5) is 12.7. The van der Waals surface area contributed by atoms with E-state index in [1.807, 2.05) is 37.8 Å². The normalized spacial score (nSPS) is 11.8. The lowest BCUT2D eigenvalue weighted by Gasteiger charge is -2.22. The molecule has 7 heteroatoms. The molecule has 0 saturated carbocycles. The number of hydrogen-bond donors (Lipinski definition) is 1. The fourth-order valence-electron chi connectivity index (χ4n) is 2.58. The Morgan fingerprint density at radius 3 is 2.75 bits per heavy atom. The maximum absolute atomic E-state index is 6.07. The molecule has 0 unspecified atom stereocenters. The number of hydrogen-bond acceptors (Lipinski definition) is 3. The second-order valence-corrected chi connectivity index (χ2v) is 7.57. The lowest BCUT2D eigenvalue weighted by atomic mass is 10.3. The quantitative estimate of drug-likeness (QED) is 0.628. The van der Waals surface area contributed by atoms with Crippen molar-refractivity contribution >= 4 is 28.9 Å². The summed E-state index contributed by atoms with van der Waals surface area (Å²) in [5.41, 5.74) is 2.28. The van der Waals surface area contributed by atoms with Crippen LogP contribution in [0.25, 0.3) is 0 Å². The van der Waals surface area contributed by atoms with Crippen molar-refractivity contribution in [3.05, 3.63) is 38.6 Å². The number of thiazole rings is 1. The lowest BCUT2D eigenvalue weighted by Crippen LogP contribution is -2.39. The topological polar surface area (TPSA) is 45.5 Å². The highest BCUT2D eigenvalue weighted by atomic mass is 35.5. The molecule has 0 aliphatic heterocycles. The van der Waals surface area contributed by atoms with Gasteiger partial charge in [-0.2, -0.15) is 0 Å². The van der Waals surface area contributed by atoms with Crippen LogP contribution in [0.4, 0.5) is 0 Å². The number of nitrogens with one attached hydrogen (secondary N) is 1. The number of aryl methyl sites for hydroxylation is 3. The second kappa shape index (κ2) is 8.53. The second-order valence-electron chi connectivity index (χ2n) is 5.84. The summed E-state index contributed by atoms with van der Waals surface area (Å²) < 4.78 is 2.05. The van der Waals surface area contributed by atoms with Gasteiger partial charge in [-0.3, -0.25) is 4.99 Å². The molecule has 0 saturated heterocycles. The van der Waals surface area contributed by atoms with Gasteiger partial charge in [0.15, 0.2) is 5.96 Å². The Labute approximate surface area is 153 Å². The smallest absolute Gasteiger partial charge is 0.194 e. The van der Waals surface area contributed by atoms with E-state index in [9.17, 15) is 0 Å². The molecule has 5 nitrogen and oxygen atoms in total. The third-order valence-electron chi connectivity index (χ3n) is 3.77. The van der Waals surface area contributed by atoms with Crippen LogP contribution in [0.5, 0.6) is 0 Å². The minimum Gasteiger partial charge on any atom is -0.357 e. The molecule has 132 valence electrons. The molecular weight excluding hydrogens is 342 g/mol. The Balaban J connectivity index is 2.01. The van der Waals surface area contributed by atoms with E-state index in [2.05, 4.69) is 29.0 Å². The van der Waals surface area contributed by atoms with Crippen LogP contribution in [0, 0.1) is 13.8 Å². The number of guanidine groups is 1. The maximum atomic E-state index is 6.07. The van der Waals surface area contributed by atoms with Crippen molar-refractivity contribution in [3.8, 4) is 0 Å². The molecule has 2 aromatic rings. The molecule has 0 fully saturated rings. The molecule has 0 aromatic carbocycles. The van der Waals surface area contributed by atoms with Crippen molar-refractivity contribution in [2.24, 2.45) is 12.0 Å². The van der Waals surface area contributed by atoms with Gasteiger partial charge in [-0.25, -0.2) is 4.98 Å². The molecule has 0 spiro atoms. The number of aliphatic imine (C=N–C) groups is 1. The number of halogens is 1. The number of nitrogens with zero attached hydrogens (tertiary/aromatic N) is 4. The van der Waals surface area contributed by atoms with Crippen LogP contribution in [0.15, 0.2) is 17.3 Å². The van der Waals surface area contributed by atoms with Crippen molar-refractivity contribution in [1.82, 2.24) is 19.8 Å². The molecule has 0 aliphatic rings. The van der Waals surface area contributed by atoms with Crippen molar-refractivity contribution in [1.29, 1.82) is 0 Å². The zero-order valence-electron chi connectivity index (χ0n) is 15.1. The molecule has 0 radical (unpaired) electrons. The Hall–Kier alpha value is -1.53. The summed E-state index contributed by atoms with van der Waals surface area (Å²) in [6, 6.07) is 1.99. The van der Waals surface area contributed by atoms with Gasteiger partial charge in [-0.1, -0.05) is 11.6 Å². The summed E-state index contributed by atoms with van der Waals surface area (Å²) in [7, 11) is 4.05. The van der Waals surface area contributed by atoms with Crippen molar-refractivity contribution < 1.29 is 0 Å². The van der Waals surface area contributed by atoms with Gasteiger partial charge in [0.2, 0.25) is 0 Å². The van der Waals surface area contributed by atoms with Gasteiger partial charge in [0, 0.05) is 50.4 Å². The number of rotatable bonds is 6. The van der Waals surface area contributed by atoms with Crippen molar-refractivity contribution in [2.45, 2.75) is 33.7 Å². The van der Waals surface area contributed by atoms with Gasteiger partial charge in [0.25, 0.3) is 0 Å². The van der Waals surface area contributed by atoms with Crippen LogP contribution in [0.2, 0.25) is 5.02 Å². The molecule has 0 amide bonds. The lowest BCUT2D eigenvalue weighted by molar-refractivity contribution is 0.462. The number of aromatic nitrogens is 2. The van der Waals surface area contributed by atoms with E-state index in [1.54, 1.807) is 11.3 Å². The maximum Gasteiger partial charge on any atom is 0.194 e. The molecule has 2 rings (SSSR count). The predicted octanol–water partition coefficient (Wildman–Crippen LogP) is 3.39. The van der Waals surface area contributed by atoms with Gasteiger partial charge >= 0.3 is 0 Å². The molecule has 0 aliphatic carbocycles. The molecule has 24 heavy (non-hydrogen) atoms. The minimum atomic E-state index is 0.753. The van der Waals surface area contributed by atoms with Gasteiger partial charge < -0.3 is 14.8 Å². The van der Waals surface area contributed by atoms with E-state index in [1.165, 1.54) is 4.88 Å². The van der Waals surface area contributed by atoms with E-state index >= 15 is 0 Å². The van der Waals surface area contributed by atoms with Crippen LogP contribution < -0.4 is 5.32 Å². The van der Waals surface area contributed by atoms with E-state index in [0.717, 1.165) is 53.4 Å². The average Bonchev–Trinajstić information content (AvgIpc) is 2.99. The Kier molecular flexibility index (Phi) is 6.69. The largest absolute Gasteiger partial charge is 0.357 e. The first-order valence-electron chi connectivity index (χ1n) is 8.13.